The number of benzene rings is 2. The van der Waals surface area contributed by atoms with Crippen molar-refractivity contribution in [2.24, 2.45) is 0 Å². The largest absolute Gasteiger partial charge is 0.454 e. The van der Waals surface area contributed by atoms with E-state index in [2.05, 4.69) is 10.0 Å². The normalized spacial score (nSPS) is 14.0. The zero-order valence-corrected chi connectivity index (χ0v) is 14.6. The molecule has 0 unspecified atom stereocenters. The molecule has 0 radical (unpaired) electrons. The van der Waals surface area contributed by atoms with Crippen LogP contribution in [0.3, 0.4) is 0 Å². The third-order valence-electron chi connectivity index (χ3n) is 3.67. The fourth-order valence-corrected chi connectivity index (χ4v) is 3.04. The monoisotopic (exact) mass is 362 g/mol. The van der Waals surface area contributed by atoms with Crippen molar-refractivity contribution < 1.29 is 22.7 Å². The van der Waals surface area contributed by atoms with Gasteiger partial charge in [-0.05, 0) is 42.8 Å². The highest BCUT2D eigenvalue weighted by molar-refractivity contribution is 7.92. The second-order valence-corrected chi connectivity index (χ2v) is 7.51. The number of hydrogen-bond donors (Lipinski definition) is 2. The van der Waals surface area contributed by atoms with Crippen molar-refractivity contribution in [1.82, 2.24) is 5.32 Å². The van der Waals surface area contributed by atoms with Crippen molar-refractivity contribution in [2.45, 2.75) is 13.0 Å². The molecule has 3 rings (SSSR count). The smallest absolute Gasteiger partial charge is 0.251 e. The molecule has 1 heterocycles. The molecule has 0 fully saturated rings. The van der Waals surface area contributed by atoms with Gasteiger partial charge in [-0.3, -0.25) is 9.52 Å². The van der Waals surface area contributed by atoms with Gasteiger partial charge in [0.15, 0.2) is 11.5 Å². The van der Waals surface area contributed by atoms with E-state index >= 15 is 0 Å². The Morgan fingerprint density at radius 3 is 2.64 bits per heavy atom. The van der Waals surface area contributed by atoms with Crippen LogP contribution in [0.4, 0.5) is 5.69 Å². The van der Waals surface area contributed by atoms with Crippen LogP contribution in [-0.2, 0) is 10.0 Å². The van der Waals surface area contributed by atoms with Crippen molar-refractivity contribution in [2.75, 3.05) is 17.8 Å². The first kappa shape index (κ1) is 17.1. The Morgan fingerprint density at radius 1 is 1.12 bits per heavy atom. The lowest BCUT2D eigenvalue weighted by molar-refractivity contribution is 0.0939. The predicted molar refractivity (Wildman–Crippen MR) is 93.4 cm³/mol. The summed E-state index contributed by atoms with van der Waals surface area (Å²) in [4.78, 5) is 12.4. The molecule has 1 amide bonds. The first-order valence-corrected chi connectivity index (χ1v) is 9.49. The van der Waals surface area contributed by atoms with Crippen LogP contribution in [0.1, 0.15) is 28.9 Å². The molecule has 25 heavy (non-hydrogen) atoms. The third-order valence-corrected chi connectivity index (χ3v) is 4.28. The maximum atomic E-state index is 12.4. The van der Waals surface area contributed by atoms with Crippen LogP contribution >= 0.6 is 0 Å². The molecule has 2 aromatic carbocycles. The van der Waals surface area contributed by atoms with E-state index < -0.39 is 10.0 Å². The second kappa shape index (κ2) is 6.64. The molecule has 0 aliphatic carbocycles. The van der Waals surface area contributed by atoms with Crippen LogP contribution in [0, 0.1) is 0 Å². The summed E-state index contributed by atoms with van der Waals surface area (Å²) in [5.41, 5.74) is 1.69. The number of sulfonamides is 1. The first-order valence-electron chi connectivity index (χ1n) is 7.60. The van der Waals surface area contributed by atoms with Crippen molar-refractivity contribution in [3.63, 3.8) is 0 Å². The summed E-state index contributed by atoms with van der Waals surface area (Å²) in [5.74, 6) is 0.899. The molecule has 1 aliphatic rings. The molecule has 132 valence electrons. The van der Waals surface area contributed by atoms with E-state index in [9.17, 15) is 13.2 Å². The molecule has 1 atom stereocenters. The van der Waals surface area contributed by atoms with Crippen molar-refractivity contribution >= 4 is 21.6 Å². The van der Waals surface area contributed by atoms with Crippen LogP contribution in [0.25, 0.3) is 0 Å². The molecule has 2 N–H and O–H groups in total. The van der Waals surface area contributed by atoms with Crippen LogP contribution < -0.4 is 19.5 Å². The Hall–Kier alpha value is -2.74. The minimum absolute atomic E-state index is 0.150. The van der Waals surface area contributed by atoms with Gasteiger partial charge in [-0.1, -0.05) is 12.1 Å². The van der Waals surface area contributed by atoms with Crippen LogP contribution in [0.5, 0.6) is 11.5 Å². The first-order chi connectivity index (χ1) is 11.8. The summed E-state index contributed by atoms with van der Waals surface area (Å²) in [6.07, 6.45) is 1.09. The average Bonchev–Trinajstić information content (AvgIpc) is 3.01. The van der Waals surface area contributed by atoms with Gasteiger partial charge in [0.1, 0.15) is 0 Å². The lowest BCUT2D eigenvalue weighted by Gasteiger charge is -2.16. The number of anilines is 1. The number of carbonyl (C=O) groups is 1. The van der Waals surface area contributed by atoms with E-state index in [1.807, 2.05) is 13.0 Å². The van der Waals surface area contributed by atoms with E-state index in [0.717, 1.165) is 11.8 Å². The molecular weight excluding hydrogens is 344 g/mol. The maximum Gasteiger partial charge on any atom is 0.251 e. The van der Waals surface area contributed by atoms with Crippen molar-refractivity contribution in [1.29, 1.82) is 0 Å². The van der Waals surface area contributed by atoms with Crippen molar-refractivity contribution in [3.8, 4) is 11.5 Å². The summed E-state index contributed by atoms with van der Waals surface area (Å²) in [5, 5.41) is 2.88. The zero-order chi connectivity index (χ0) is 18.0. The maximum absolute atomic E-state index is 12.4. The van der Waals surface area contributed by atoms with E-state index in [1.54, 1.807) is 36.4 Å². The van der Waals surface area contributed by atoms with Crippen LogP contribution in [0.15, 0.2) is 42.5 Å². The highest BCUT2D eigenvalue weighted by Gasteiger charge is 2.18. The highest BCUT2D eigenvalue weighted by atomic mass is 32.2. The minimum atomic E-state index is -3.35. The number of rotatable bonds is 5. The van der Waals surface area contributed by atoms with Gasteiger partial charge in [0.25, 0.3) is 5.91 Å². The molecule has 0 spiro atoms. The van der Waals surface area contributed by atoms with E-state index in [1.165, 1.54) is 0 Å². The summed E-state index contributed by atoms with van der Waals surface area (Å²) in [6, 6.07) is 11.6. The van der Waals surface area contributed by atoms with Gasteiger partial charge in [0.2, 0.25) is 16.8 Å². The molecule has 2 aromatic rings. The van der Waals surface area contributed by atoms with Gasteiger partial charge in [-0.25, -0.2) is 8.42 Å². The SMILES string of the molecule is C[C@H](NC(=O)c1ccc2c(c1)OCO2)c1cccc(NS(C)(=O)=O)c1. The van der Waals surface area contributed by atoms with Gasteiger partial charge in [0.05, 0.1) is 12.3 Å². The minimum Gasteiger partial charge on any atom is -0.454 e. The summed E-state index contributed by atoms with van der Waals surface area (Å²) < 4.78 is 35.6. The third kappa shape index (κ3) is 4.21. The summed E-state index contributed by atoms with van der Waals surface area (Å²) in [6.45, 7) is 1.97. The number of hydrogen-bond acceptors (Lipinski definition) is 5. The second-order valence-electron chi connectivity index (χ2n) is 5.76. The van der Waals surface area contributed by atoms with Crippen LogP contribution in [0.2, 0.25) is 0 Å². The Bertz CT molecular complexity index is 911. The molecule has 1 aliphatic heterocycles. The van der Waals surface area contributed by atoms with E-state index in [4.69, 9.17) is 9.47 Å². The Morgan fingerprint density at radius 2 is 1.88 bits per heavy atom. The fourth-order valence-electron chi connectivity index (χ4n) is 2.49. The molecule has 0 saturated carbocycles. The molecule has 7 nitrogen and oxygen atoms in total. The van der Waals surface area contributed by atoms with E-state index in [-0.39, 0.29) is 18.7 Å². The molecule has 0 saturated heterocycles. The Labute approximate surface area is 146 Å². The Kier molecular flexibility index (Phi) is 4.54. The van der Waals surface area contributed by atoms with Gasteiger partial charge in [0, 0.05) is 11.3 Å². The number of nitrogens with one attached hydrogen (secondary N) is 2. The summed E-state index contributed by atoms with van der Waals surface area (Å²) in [7, 11) is -3.35. The molecular formula is C17H18N2O5S. The fraction of sp³-hybridized carbons (Fsp3) is 0.235. The van der Waals surface area contributed by atoms with E-state index in [0.29, 0.717) is 22.7 Å². The summed E-state index contributed by atoms with van der Waals surface area (Å²) >= 11 is 0. The molecule has 0 aromatic heterocycles. The standard InChI is InChI=1S/C17H18N2O5S/c1-11(12-4-3-5-14(8-12)19-25(2,21)22)18-17(20)13-6-7-15-16(9-13)24-10-23-15/h3-9,11,19H,10H2,1-2H3,(H,18,20)/t11-/m0/s1. The topological polar surface area (TPSA) is 93.7 Å². The lowest BCUT2D eigenvalue weighted by atomic mass is 10.1. The number of carbonyl (C=O) groups excluding carboxylic acids is 1. The molecule has 8 heteroatoms. The highest BCUT2D eigenvalue weighted by Crippen LogP contribution is 2.32. The van der Waals surface area contributed by atoms with Gasteiger partial charge in [-0.2, -0.15) is 0 Å². The van der Waals surface area contributed by atoms with Gasteiger partial charge < -0.3 is 14.8 Å². The Balaban J connectivity index is 1.72. The molecule has 0 bridgehead atoms. The zero-order valence-electron chi connectivity index (χ0n) is 13.8. The predicted octanol–water partition coefficient (Wildman–Crippen LogP) is 2.28. The van der Waals surface area contributed by atoms with Gasteiger partial charge in [-0.15, -0.1) is 0 Å². The number of ether oxygens (including phenoxy) is 2. The number of amides is 1. The van der Waals surface area contributed by atoms with Gasteiger partial charge >= 0.3 is 0 Å². The van der Waals surface area contributed by atoms with Crippen LogP contribution in [-0.4, -0.2) is 27.4 Å². The lowest BCUT2D eigenvalue weighted by Crippen LogP contribution is -2.26. The number of fused-ring (bicyclic) bond motifs is 1. The van der Waals surface area contributed by atoms with Crippen molar-refractivity contribution in [3.05, 3.63) is 53.6 Å². The average molecular weight is 362 g/mol. The quantitative estimate of drug-likeness (QED) is 0.851.